The van der Waals surface area contributed by atoms with E-state index in [0.717, 1.165) is 5.92 Å². The van der Waals surface area contributed by atoms with Crippen LogP contribution in [0.4, 0.5) is 0 Å². The van der Waals surface area contributed by atoms with Gasteiger partial charge in [0.05, 0.1) is 0 Å². The molecule has 0 fully saturated rings. The van der Waals surface area contributed by atoms with Gasteiger partial charge in [-0.15, -0.1) is 0 Å². The summed E-state index contributed by atoms with van der Waals surface area (Å²) < 4.78 is 6.88. The van der Waals surface area contributed by atoms with Crippen LogP contribution in [0.15, 0.2) is 0 Å². The smallest absolute Gasteiger partial charge is 0.186 e. The quantitative estimate of drug-likeness (QED) is 0.0730. The van der Waals surface area contributed by atoms with Gasteiger partial charge in [-0.25, -0.2) is 0 Å². The van der Waals surface area contributed by atoms with Gasteiger partial charge in [-0.05, 0) is 42.7 Å². The Bertz CT molecular complexity index is 252. The molecule has 1 nitrogen and oxygen atoms in total. The monoisotopic (exact) mass is 500 g/mol. The van der Waals surface area contributed by atoms with E-state index in [4.69, 9.17) is 4.43 Å². The maximum absolute atomic E-state index is 5.62. The van der Waals surface area contributed by atoms with E-state index in [1.54, 1.807) is 0 Å². The van der Waals surface area contributed by atoms with E-state index < -0.39 is 9.04 Å². The zero-order valence-electron chi connectivity index (χ0n) is 17.4. The zero-order valence-corrected chi connectivity index (χ0v) is 21.5. The van der Waals surface area contributed by atoms with Gasteiger partial charge in [-0.3, -0.25) is 0 Å². The van der Waals surface area contributed by atoms with Crippen molar-refractivity contribution in [2.24, 2.45) is 5.92 Å². The van der Waals surface area contributed by atoms with Gasteiger partial charge in [0.15, 0.2) is 9.04 Å². The molecule has 0 bridgehead atoms. The Morgan fingerprint density at radius 3 is 1.96 bits per heavy atom. The molecule has 0 aromatic heterocycles. The van der Waals surface area contributed by atoms with Crippen LogP contribution in [0.5, 0.6) is 0 Å². The fraction of sp³-hybridized carbons (Fsp3) is 1.00. The molecule has 2 unspecified atom stereocenters. The van der Waals surface area contributed by atoms with Crippen molar-refractivity contribution in [3.05, 3.63) is 0 Å². The Hall–Kier alpha value is 1.26. The topological polar surface area (TPSA) is 9.23 Å². The first-order valence-electron chi connectivity index (χ1n) is 10.9. The van der Waals surface area contributed by atoms with Gasteiger partial charge in [0.25, 0.3) is 0 Å². The lowest BCUT2D eigenvalue weighted by molar-refractivity contribution is 0.423. The summed E-state index contributed by atoms with van der Waals surface area (Å²) in [4.78, 5) is 0. The predicted octanol–water partition coefficient (Wildman–Crippen LogP) is 7.79. The summed E-state index contributed by atoms with van der Waals surface area (Å²) in [6.07, 6.45) is 18.7. The summed E-state index contributed by atoms with van der Waals surface area (Å²) in [6, 6.07) is 1.37. The molecule has 0 aliphatic carbocycles. The van der Waals surface area contributed by atoms with E-state index in [0.29, 0.717) is 0 Å². The average Bonchev–Trinajstić information content (AvgIpc) is 2.63. The first-order valence-corrected chi connectivity index (χ1v) is 15.7. The van der Waals surface area contributed by atoms with Gasteiger partial charge < -0.3 is 4.43 Å². The molecule has 0 rings (SSSR count). The van der Waals surface area contributed by atoms with Crippen molar-refractivity contribution >= 4 is 43.4 Å². The van der Waals surface area contributed by atoms with Crippen LogP contribution in [0, 0.1) is 5.92 Å². The summed E-state index contributed by atoms with van der Waals surface area (Å²) in [7, 11) is 1.07. The molecule has 4 heteroatoms. The maximum Gasteiger partial charge on any atom is 0.186 e. The number of rotatable bonds is 20. The van der Waals surface area contributed by atoms with Crippen LogP contribution in [0.2, 0.25) is 6.04 Å². The van der Waals surface area contributed by atoms with Crippen molar-refractivity contribution in [3.63, 3.8) is 0 Å². The van der Waals surface area contributed by atoms with E-state index >= 15 is 0 Å². The second-order valence-corrected chi connectivity index (χ2v) is 13.9. The number of alkyl halides is 1. The molecular weight excluding hydrogens is 455 g/mol. The maximum atomic E-state index is 5.62. The van der Waals surface area contributed by atoms with Gasteiger partial charge in [-0.2, -0.15) is 11.8 Å². The first kappa shape index (κ1) is 26.3. The van der Waals surface area contributed by atoms with Crippen LogP contribution >= 0.6 is 34.4 Å². The zero-order chi connectivity index (χ0) is 18.6. The molecule has 0 aromatic rings. The molecule has 25 heavy (non-hydrogen) atoms. The third kappa shape index (κ3) is 18.4. The normalized spacial score (nSPS) is 13.9. The molecule has 0 aliphatic heterocycles. The van der Waals surface area contributed by atoms with Crippen LogP contribution in [0.25, 0.3) is 0 Å². The third-order valence-corrected chi connectivity index (χ3v) is 11.4. The van der Waals surface area contributed by atoms with Gasteiger partial charge >= 0.3 is 0 Å². The lowest BCUT2D eigenvalue weighted by atomic mass is 9.96. The molecule has 0 spiro atoms. The average molecular weight is 501 g/mol. The Labute approximate surface area is 179 Å². The van der Waals surface area contributed by atoms with Crippen molar-refractivity contribution in [1.29, 1.82) is 0 Å². The summed E-state index contributed by atoms with van der Waals surface area (Å²) >= 11 is 4.72. The van der Waals surface area contributed by atoms with Crippen LogP contribution in [0.3, 0.4) is 0 Å². The second kappa shape index (κ2) is 21.6. The fourth-order valence-electron chi connectivity index (χ4n) is 3.31. The predicted molar refractivity (Wildman–Crippen MR) is 130 cm³/mol. The Morgan fingerprint density at radius 2 is 1.40 bits per heavy atom. The van der Waals surface area contributed by atoms with Crippen molar-refractivity contribution in [2.45, 2.75) is 103 Å². The molecule has 0 saturated heterocycles. The molecule has 0 heterocycles. The molecule has 152 valence electrons. The summed E-state index contributed by atoms with van der Waals surface area (Å²) in [6.45, 7) is 4.62. The minimum Gasteiger partial charge on any atom is -0.422 e. The van der Waals surface area contributed by atoms with Crippen LogP contribution in [-0.2, 0) is 4.43 Å². The van der Waals surface area contributed by atoms with Crippen LogP contribution < -0.4 is 0 Å². The standard InChI is InChI=1S/C21H45IOSSi/c1-4-6-8-10-11-13-16-21(15-12-9-7-5-2)19-24-17-14-18-25(20-22)23-3/h21,25H,4-20H2,1-3H3. The number of hydrogen-bond donors (Lipinski definition) is 0. The van der Waals surface area contributed by atoms with Crippen molar-refractivity contribution in [3.8, 4) is 0 Å². The van der Waals surface area contributed by atoms with Crippen LogP contribution in [-0.4, -0.2) is 31.7 Å². The minimum absolute atomic E-state index is 0.845. The molecule has 2 atom stereocenters. The highest BCUT2D eigenvalue weighted by Gasteiger charge is 2.10. The van der Waals surface area contributed by atoms with Gasteiger partial charge in [0.1, 0.15) is 0 Å². The SMILES string of the molecule is CCCCCCCCC(CCCCCC)CSCCC[SiH](CI)OC. The van der Waals surface area contributed by atoms with Gasteiger partial charge in [0, 0.05) is 11.2 Å². The Kier molecular flexibility index (Phi) is 22.6. The van der Waals surface area contributed by atoms with Crippen molar-refractivity contribution < 1.29 is 4.43 Å². The number of unbranched alkanes of at least 4 members (excludes halogenated alkanes) is 8. The second-order valence-electron chi connectivity index (χ2n) is 7.50. The van der Waals surface area contributed by atoms with E-state index in [2.05, 4.69) is 48.2 Å². The molecule has 0 saturated carbocycles. The molecular formula is C21H45IOSSi. The van der Waals surface area contributed by atoms with E-state index in [1.165, 1.54) is 105 Å². The van der Waals surface area contributed by atoms with E-state index in [9.17, 15) is 0 Å². The Morgan fingerprint density at radius 1 is 0.840 bits per heavy atom. The summed E-state index contributed by atoms with van der Waals surface area (Å²) in [5, 5.41) is 0. The highest BCUT2D eigenvalue weighted by atomic mass is 127. The molecule has 0 radical (unpaired) electrons. The third-order valence-electron chi connectivity index (χ3n) is 5.11. The first-order chi connectivity index (χ1) is 12.3. The number of thioether (sulfide) groups is 1. The summed E-state index contributed by atoms with van der Waals surface area (Å²) in [5.74, 6) is 3.74. The highest BCUT2D eigenvalue weighted by molar-refractivity contribution is 14.1. The van der Waals surface area contributed by atoms with E-state index in [-0.39, 0.29) is 0 Å². The fourth-order valence-corrected chi connectivity index (χ4v) is 8.38. The summed E-state index contributed by atoms with van der Waals surface area (Å²) in [5.41, 5.74) is 0. The molecule has 0 aliphatic rings. The van der Waals surface area contributed by atoms with Gasteiger partial charge in [0.2, 0.25) is 0 Å². The van der Waals surface area contributed by atoms with Crippen LogP contribution in [0.1, 0.15) is 97.3 Å². The number of hydrogen-bond acceptors (Lipinski definition) is 2. The van der Waals surface area contributed by atoms with Gasteiger partial charge in [-0.1, -0.05) is 101 Å². The molecule has 0 N–H and O–H groups in total. The minimum atomic E-state index is -0.845. The van der Waals surface area contributed by atoms with Crippen molar-refractivity contribution in [1.82, 2.24) is 0 Å². The lowest BCUT2D eigenvalue weighted by Crippen LogP contribution is -2.18. The van der Waals surface area contributed by atoms with E-state index in [1.807, 2.05) is 7.11 Å². The number of halogens is 1. The van der Waals surface area contributed by atoms with Crippen molar-refractivity contribution in [2.75, 3.05) is 22.7 Å². The molecule has 0 aromatic carbocycles. The lowest BCUT2D eigenvalue weighted by Gasteiger charge is -2.17. The Balaban J connectivity index is 3.83. The highest BCUT2D eigenvalue weighted by Crippen LogP contribution is 2.23. The largest absolute Gasteiger partial charge is 0.422 e. The molecule has 0 amide bonds.